The molecule has 0 saturated carbocycles. The summed E-state index contributed by atoms with van der Waals surface area (Å²) in [5, 5.41) is 6.11. The number of carbonyl (C=O) groups is 1. The van der Waals surface area contributed by atoms with Gasteiger partial charge >= 0.3 is 0 Å². The number of carbonyl (C=O) groups excluding carboxylic acids is 1. The number of halogens is 1. The number of amides is 1. The highest BCUT2D eigenvalue weighted by Crippen LogP contribution is 2.00. The predicted molar refractivity (Wildman–Crippen MR) is 71.0 cm³/mol. The van der Waals surface area contributed by atoms with E-state index < -0.39 is 0 Å². The molecule has 0 aromatic rings. The van der Waals surface area contributed by atoms with Crippen molar-refractivity contribution in [3.63, 3.8) is 0 Å². The molecule has 3 nitrogen and oxygen atoms in total. The van der Waals surface area contributed by atoms with Gasteiger partial charge in [0.25, 0.3) is 0 Å². The highest BCUT2D eigenvalue weighted by molar-refractivity contribution is 7.99. The molecule has 92 valence electrons. The molecule has 15 heavy (non-hydrogen) atoms. The quantitative estimate of drug-likeness (QED) is 0.615. The highest BCUT2D eigenvalue weighted by atomic mass is 35.5. The maximum Gasteiger partial charge on any atom is 0.230 e. The molecule has 0 unspecified atom stereocenters. The standard InChI is InChI=1S/C10H22N2OS.ClH/c1-3-5-11-6-7-12-10(13)9-14-8-4-2;/h11H,3-9H2,1-2H3,(H,12,13);1H. The molecule has 0 spiro atoms. The topological polar surface area (TPSA) is 41.1 Å². The van der Waals surface area contributed by atoms with Crippen LogP contribution in [0.3, 0.4) is 0 Å². The maximum absolute atomic E-state index is 11.2. The molecule has 0 aromatic heterocycles. The number of nitrogens with one attached hydrogen (secondary N) is 2. The summed E-state index contributed by atoms with van der Waals surface area (Å²) >= 11 is 1.70. The van der Waals surface area contributed by atoms with E-state index >= 15 is 0 Å². The molecular weight excluding hydrogens is 232 g/mol. The Morgan fingerprint density at radius 3 is 2.47 bits per heavy atom. The van der Waals surface area contributed by atoms with E-state index in [1.54, 1.807) is 11.8 Å². The second kappa shape index (κ2) is 14.1. The number of rotatable bonds is 9. The lowest BCUT2D eigenvalue weighted by atomic mass is 10.4. The van der Waals surface area contributed by atoms with Crippen molar-refractivity contribution in [3.05, 3.63) is 0 Å². The van der Waals surface area contributed by atoms with Crippen LogP contribution in [0.1, 0.15) is 26.7 Å². The normalized spacial score (nSPS) is 9.47. The third kappa shape index (κ3) is 14.1. The molecule has 0 aliphatic carbocycles. The molecule has 0 aromatic carbocycles. The predicted octanol–water partition coefficient (Wildman–Crippen LogP) is 1.67. The minimum atomic E-state index is 0. The maximum atomic E-state index is 11.2. The summed E-state index contributed by atoms with van der Waals surface area (Å²) in [7, 11) is 0. The zero-order valence-electron chi connectivity index (χ0n) is 9.67. The van der Waals surface area contributed by atoms with Gasteiger partial charge in [0, 0.05) is 13.1 Å². The van der Waals surface area contributed by atoms with Crippen LogP contribution in [-0.2, 0) is 4.79 Å². The van der Waals surface area contributed by atoms with Crippen LogP contribution in [0.25, 0.3) is 0 Å². The van der Waals surface area contributed by atoms with Crippen molar-refractivity contribution < 1.29 is 4.79 Å². The summed E-state index contributed by atoms with van der Waals surface area (Å²) in [6, 6.07) is 0. The van der Waals surface area contributed by atoms with E-state index in [9.17, 15) is 4.79 Å². The Hall–Kier alpha value is 0.0700. The van der Waals surface area contributed by atoms with Crippen LogP contribution in [0, 0.1) is 0 Å². The van der Waals surface area contributed by atoms with Crippen LogP contribution >= 0.6 is 24.2 Å². The molecular formula is C10H23ClN2OS. The second-order valence-corrected chi connectivity index (χ2v) is 4.26. The third-order valence-electron chi connectivity index (χ3n) is 1.63. The lowest BCUT2D eigenvalue weighted by molar-refractivity contribution is -0.118. The first-order chi connectivity index (χ1) is 6.81. The Labute approximate surface area is 104 Å². The number of hydrogen-bond donors (Lipinski definition) is 2. The van der Waals surface area contributed by atoms with Gasteiger partial charge in [0.05, 0.1) is 5.75 Å². The van der Waals surface area contributed by atoms with Gasteiger partial charge in [-0.3, -0.25) is 4.79 Å². The molecule has 0 saturated heterocycles. The monoisotopic (exact) mass is 254 g/mol. The fourth-order valence-corrected chi connectivity index (χ4v) is 1.67. The summed E-state index contributed by atoms with van der Waals surface area (Å²) in [4.78, 5) is 11.2. The van der Waals surface area contributed by atoms with Gasteiger partial charge in [0.2, 0.25) is 5.91 Å². The van der Waals surface area contributed by atoms with Crippen molar-refractivity contribution in [2.75, 3.05) is 31.1 Å². The van der Waals surface area contributed by atoms with Crippen molar-refractivity contribution >= 4 is 30.1 Å². The Morgan fingerprint density at radius 1 is 1.13 bits per heavy atom. The Morgan fingerprint density at radius 2 is 1.87 bits per heavy atom. The Balaban J connectivity index is 0. The molecule has 0 aliphatic heterocycles. The zero-order chi connectivity index (χ0) is 10.6. The molecule has 5 heteroatoms. The lowest BCUT2D eigenvalue weighted by Gasteiger charge is -2.05. The van der Waals surface area contributed by atoms with Crippen LogP contribution in [-0.4, -0.2) is 37.0 Å². The van der Waals surface area contributed by atoms with E-state index in [4.69, 9.17) is 0 Å². The summed E-state index contributed by atoms with van der Waals surface area (Å²) in [6.45, 7) is 6.90. The zero-order valence-corrected chi connectivity index (χ0v) is 11.3. The van der Waals surface area contributed by atoms with Gasteiger partial charge in [-0.25, -0.2) is 0 Å². The van der Waals surface area contributed by atoms with Crippen LogP contribution in [0.15, 0.2) is 0 Å². The summed E-state index contributed by atoms with van der Waals surface area (Å²) in [6.07, 6.45) is 2.27. The van der Waals surface area contributed by atoms with Gasteiger partial charge < -0.3 is 10.6 Å². The fourth-order valence-electron chi connectivity index (χ4n) is 0.952. The molecule has 0 fully saturated rings. The average molecular weight is 255 g/mol. The van der Waals surface area contributed by atoms with Crippen LogP contribution < -0.4 is 10.6 Å². The third-order valence-corrected chi connectivity index (χ3v) is 2.80. The van der Waals surface area contributed by atoms with Gasteiger partial charge in [-0.15, -0.1) is 12.4 Å². The van der Waals surface area contributed by atoms with Crippen molar-refractivity contribution in [1.82, 2.24) is 10.6 Å². The summed E-state index contributed by atoms with van der Waals surface area (Å²) in [5.74, 6) is 1.82. The number of thioether (sulfide) groups is 1. The van der Waals surface area contributed by atoms with Gasteiger partial charge in [-0.2, -0.15) is 11.8 Å². The molecule has 2 N–H and O–H groups in total. The molecule has 0 bridgehead atoms. The molecule has 0 heterocycles. The molecule has 0 atom stereocenters. The van der Waals surface area contributed by atoms with Gasteiger partial charge in [0.1, 0.15) is 0 Å². The average Bonchev–Trinajstić information content (AvgIpc) is 2.18. The first kappa shape index (κ1) is 17.5. The van der Waals surface area contributed by atoms with Crippen LogP contribution in [0.5, 0.6) is 0 Å². The van der Waals surface area contributed by atoms with E-state index in [0.29, 0.717) is 5.75 Å². The molecule has 0 radical (unpaired) electrons. The van der Waals surface area contributed by atoms with Gasteiger partial charge in [0.15, 0.2) is 0 Å². The highest BCUT2D eigenvalue weighted by Gasteiger charge is 1.98. The van der Waals surface area contributed by atoms with Gasteiger partial charge in [-0.05, 0) is 25.1 Å². The van der Waals surface area contributed by atoms with Crippen molar-refractivity contribution in [2.45, 2.75) is 26.7 Å². The molecule has 1 amide bonds. The van der Waals surface area contributed by atoms with Crippen molar-refractivity contribution in [2.24, 2.45) is 0 Å². The smallest absolute Gasteiger partial charge is 0.230 e. The number of hydrogen-bond acceptors (Lipinski definition) is 3. The Bertz CT molecular complexity index is 147. The van der Waals surface area contributed by atoms with E-state index in [0.717, 1.165) is 38.2 Å². The Kier molecular flexibility index (Phi) is 16.4. The lowest BCUT2D eigenvalue weighted by Crippen LogP contribution is -2.33. The van der Waals surface area contributed by atoms with Crippen molar-refractivity contribution in [1.29, 1.82) is 0 Å². The first-order valence-corrected chi connectivity index (χ1v) is 6.51. The fraction of sp³-hybridized carbons (Fsp3) is 0.900. The largest absolute Gasteiger partial charge is 0.354 e. The second-order valence-electron chi connectivity index (χ2n) is 3.15. The van der Waals surface area contributed by atoms with Crippen LogP contribution in [0.4, 0.5) is 0 Å². The van der Waals surface area contributed by atoms with E-state index in [2.05, 4.69) is 24.5 Å². The van der Waals surface area contributed by atoms with Crippen molar-refractivity contribution in [3.8, 4) is 0 Å². The van der Waals surface area contributed by atoms with Crippen LogP contribution in [0.2, 0.25) is 0 Å². The molecule has 0 aliphatic rings. The summed E-state index contributed by atoms with van der Waals surface area (Å²) < 4.78 is 0. The SMILES string of the molecule is CCCNCCNC(=O)CSCCC.Cl. The molecule has 0 rings (SSSR count). The van der Waals surface area contributed by atoms with Gasteiger partial charge in [-0.1, -0.05) is 13.8 Å². The van der Waals surface area contributed by atoms with E-state index in [1.165, 1.54) is 0 Å². The minimum Gasteiger partial charge on any atom is -0.354 e. The van der Waals surface area contributed by atoms with E-state index in [1.807, 2.05) is 0 Å². The first-order valence-electron chi connectivity index (χ1n) is 5.36. The minimum absolute atomic E-state index is 0. The summed E-state index contributed by atoms with van der Waals surface area (Å²) in [5.41, 5.74) is 0. The van der Waals surface area contributed by atoms with E-state index in [-0.39, 0.29) is 18.3 Å².